The van der Waals surface area contributed by atoms with E-state index in [0.29, 0.717) is 0 Å². The Labute approximate surface area is 124 Å². The summed E-state index contributed by atoms with van der Waals surface area (Å²) in [5.41, 5.74) is 1.43. The molecule has 0 saturated carbocycles. The smallest absolute Gasteiger partial charge is 1.00 e. The molecule has 0 aliphatic rings. The summed E-state index contributed by atoms with van der Waals surface area (Å²) < 4.78 is 0. The third-order valence-electron chi connectivity index (χ3n) is 1.70. The third-order valence-corrected chi connectivity index (χ3v) is 1.70. The molecule has 0 atom stereocenters. The van der Waals surface area contributed by atoms with Gasteiger partial charge in [0.25, 0.3) is 0 Å². The summed E-state index contributed by atoms with van der Waals surface area (Å²) in [6.07, 6.45) is 1.16. The van der Waals surface area contributed by atoms with E-state index in [1.807, 2.05) is 30.3 Å². The van der Waals surface area contributed by atoms with Crippen LogP contribution in [0.25, 0.3) is 0 Å². The van der Waals surface area contributed by atoms with Gasteiger partial charge in [0.05, 0.1) is 0 Å². The number of halogens is 2. The van der Waals surface area contributed by atoms with Gasteiger partial charge < -0.3 is 24.8 Å². The van der Waals surface area contributed by atoms with Crippen LogP contribution in [0.5, 0.6) is 0 Å². The van der Waals surface area contributed by atoms with Gasteiger partial charge >= 0.3 is 26.2 Å². The zero-order valence-corrected chi connectivity index (χ0v) is 12.6. The molecule has 0 heterocycles. The largest absolute Gasteiger partial charge is 4.00 e. The van der Waals surface area contributed by atoms with Gasteiger partial charge in [0.2, 0.25) is 0 Å². The first-order valence-corrected chi connectivity index (χ1v) is 4.30. The SMILES string of the molecule is CC[c-]1cccc1.[Cl-].[Cl-].[Zr+4].c1cc[cH-]c1. The number of hydrogen-bond donors (Lipinski definition) is 0. The summed E-state index contributed by atoms with van der Waals surface area (Å²) in [5, 5.41) is 0. The molecule has 0 amide bonds. The van der Waals surface area contributed by atoms with Crippen molar-refractivity contribution in [3.63, 3.8) is 0 Å². The maximum Gasteiger partial charge on any atom is 4.00 e. The quantitative estimate of drug-likeness (QED) is 0.505. The van der Waals surface area contributed by atoms with Crippen LogP contribution < -0.4 is 24.8 Å². The second-order valence-electron chi connectivity index (χ2n) is 2.61. The Morgan fingerprint density at radius 1 is 0.933 bits per heavy atom. The standard InChI is InChI=1S/C7H9.C5H5.2ClH.Zr/c1-2-7-5-3-4-6-7;1-2-4-5-3-1;;;/h3-6H,2H2,1H3;1-5H;2*1H;/q2*-1;;;+4/p-2. The van der Waals surface area contributed by atoms with E-state index in [4.69, 9.17) is 0 Å². The first kappa shape index (κ1) is 20.6. The minimum atomic E-state index is 0. The third kappa shape index (κ3) is 10.4. The van der Waals surface area contributed by atoms with Crippen molar-refractivity contribution in [2.24, 2.45) is 0 Å². The van der Waals surface area contributed by atoms with Crippen molar-refractivity contribution in [1.82, 2.24) is 0 Å². The fraction of sp³-hybridized carbons (Fsp3) is 0.167. The van der Waals surface area contributed by atoms with E-state index >= 15 is 0 Å². The molecule has 2 rings (SSSR count). The number of aryl methyl sites for hydroxylation is 1. The molecule has 0 spiro atoms. The number of hydrogen-bond acceptors (Lipinski definition) is 0. The molecule has 0 aliphatic heterocycles. The Morgan fingerprint density at radius 3 is 1.60 bits per heavy atom. The molecule has 15 heavy (non-hydrogen) atoms. The minimum Gasteiger partial charge on any atom is -1.00 e. The fourth-order valence-corrected chi connectivity index (χ4v) is 0.970. The normalized spacial score (nSPS) is 7.00. The van der Waals surface area contributed by atoms with Gasteiger partial charge in [-0.15, -0.1) is 0 Å². The topological polar surface area (TPSA) is 0 Å². The van der Waals surface area contributed by atoms with Crippen molar-refractivity contribution >= 4 is 0 Å². The van der Waals surface area contributed by atoms with Crippen LogP contribution in [0, 0.1) is 0 Å². The molecule has 0 N–H and O–H groups in total. The van der Waals surface area contributed by atoms with E-state index in [2.05, 4.69) is 31.2 Å². The summed E-state index contributed by atoms with van der Waals surface area (Å²) in [7, 11) is 0. The first-order chi connectivity index (χ1) is 5.93. The van der Waals surface area contributed by atoms with Crippen LogP contribution in [0.2, 0.25) is 0 Å². The summed E-state index contributed by atoms with van der Waals surface area (Å²) in [6.45, 7) is 2.16. The van der Waals surface area contributed by atoms with Gasteiger partial charge in [-0.2, -0.15) is 35.9 Å². The molecule has 0 aliphatic carbocycles. The van der Waals surface area contributed by atoms with E-state index < -0.39 is 0 Å². The number of rotatable bonds is 1. The van der Waals surface area contributed by atoms with Crippen molar-refractivity contribution in [3.05, 3.63) is 60.2 Å². The van der Waals surface area contributed by atoms with Crippen LogP contribution in [0.3, 0.4) is 0 Å². The summed E-state index contributed by atoms with van der Waals surface area (Å²) >= 11 is 0. The molecule has 80 valence electrons. The van der Waals surface area contributed by atoms with Crippen LogP contribution >= 0.6 is 0 Å². The Hall–Kier alpha value is 0.163. The van der Waals surface area contributed by atoms with Crippen LogP contribution in [0.1, 0.15) is 12.5 Å². The molecule has 0 saturated heterocycles. The van der Waals surface area contributed by atoms with Gasteiger partial charge in [0.15, 0.2) is 0 Å². The second kappa shape index (κ2) is 14.2. The Bertz CT molecular complexity index is 244. The predicted octanol–water partition coefficient (Wildman–Crippen LogP) is -2.62. The Balaban J connectivity index is -0.000000165. The van der Waals surface area contributed by atoms with E-state index in [1.54, 1.807) is 0 Å². The van der Waals surface area contributed by atoms with Gasteiger partial charge in [0, 0.05) is 0 Å². The van der Waals surface area contributed by atoms with Gasteiger partial charge in [-0.3, -0.25) is 0 Å². The van der Waals surface area contributed by atoms with Gasteiger partial charge in [0.1, 0.15) is 0 Å². The molecule has 2 aromatic carbocycles. The fourth-order valence-electron chi connectivity index (χ4n) is 0.970. The molecule has 2 aromatic rings. The molecule has 0 nitrogen and oxygen atoms in total. The van der Waals surface area contributed by atoms with Gasteiger partial charge in [-0.05, 0) is 0 Å². The van der Waals surface area contributed by atoms with Crippen molar-refractivity contribution < 1.29 is 51.0 Å². The summed E-state index contributed by atoms with van der Waals surface area (Å²) in [4.78, 5) is 0. The zero-order chi connectivity index (χ0) is 8.65. The van der Waals surface area contributed by atoms with E-state index in [-0.39, 0.29) is 51.0 Å². The monoisotopic (exact) mass is 318 g/mol. The summed E-state index contributed by atoms with van der Waals surface area (Å²) in [5.74, 6) is 0. The van der Waals surface area contributed by atoms with Crippen LogP contribution in [-0.2, 0) is 32.6 Å². The van der Waals surface area contributed by atoms with E-state index in [1.165, 1.54) is 5.56 Å². The van der Waals surface area contributed by atoms with Crippen LogP contribution in [0.4, 0.5) is 0 Å². The second-order valence-corrected chi connectivity index (χ2v) is 2.61. The first-order valence-electron chi connectivity index (χ1n) is 4.30. The Morgan fingerprint density at radius 2 is 1.40 bits per heavy atom. The molecule has 0 fully saturated rings. The van der Waals surface area contributed by atoms with Crippen molar-refractivity contribution in [2.45, 2.75) is 13.3 Å². The average molecular weight is 320 g/mol. The van der Waals surface area contributed by atoms with Crippen LogP contribution in [0.15, 0.2) is 54.6 Å². The maximum atomic E-state index is 2.16. The van der Waals surface area contributed by atoms with Gasteiger partial charge in [-0.1, -0.05) is 13.3 Å². The average Bonchev–Trinajstić information content (AvgIpc) is 2.81. The molecule has 0 bridgehead atoms. The molecular formula is C12H14Cl2Zr. The van der Waals surface area contributed by atoms with E-state index in [9.17, 15) is 0 Å². The van der Waals surface area contributed by atoms with Crippen molar-refractivity contribution in [2.75, 3.05) is 0 Å². The van der Waals surface area contributed by atoms with Crippen LogP contribution in [-0.4, -0.2) is 0 Å². The van der Waals surface area contributed by atoms with Crippen molar-refractivity contribution in [3.8, 4) is 0 Å². The molecule has 3 heteroatoms. The summed E-state index contributed by atoms with van der Waals surface area (Å²) in [6, 6.07) is 18.4. The minimum absolute atomic E-state index is 0. The maximum absolute atomic E-state index is 2.16. The molecule has 0 radical (unpaired) electrons. The van der Waals surface area contributed by atoms with E-state index in [0.717, 1.165) is 6.42 Å². The molecular weight excluding hydrogens is 306 g/mol. The van der Waals surface area contributed by atoms with Gasteiger partial charge in [-0.25, -0.2) is 24.3 Å². The Kier molecular flexibility index (Phi) is 19.4. The zero-order valence-electron chi connectivity index (χ0n) is 8.66. The molecule has 0 unspecified atom stereocenters. The molecule has 0 aromatic heterocycles. The van der Waals surface area contributed by atoms with Crippen molar-refractivity contribution in [1.29, 1.82) is 0 Å². The predicted molar refractivity (Wildman–Crippen MR) is 53.4 cm³/mol.